The van der Waals surface area contributed by atoms with E-state index in [1.807, 2.05) is 35.9 Å². The van der Waals surface area contributed by atoms with Crippen LogP contribution in [0.4, 0.5) is 0 Å². The molecule has 0 saturated heterocycles. The van der Waals surface area contributed by atoms with Gasteiger partial charge in [-0.25, -0.2) is 0 Å². The summed E-state index contributed by atoms with van der Waals surface area (Å²) in [5.41, 5.74) is 4.41. The minimum atomic E-state index is 0.619. The summed E-state index contributed by atoms with van der Waals surface area (Å²) < 4.78 is 23.4. The first-order valence-corrected chi connectivity index (χ1v) is 22.3. The summed E-state index contributed by atoms with van der Waals surface area (Å²) in [4.78, 5) is 17.2. The second-order valence-corrected chi connectivity index (χ2v) is 17.7. The fourth-order valence-corrected chi connectivity index (χ4v) is 12.5. The van der Waals surface area contributed by atoms with Crippen LogP contribution >= 0.6 is 68.9 Å². The molecule has 0 fully saturated rings. The van der Waals surface area contributed by atoms with Crippen molar-refractivity contribution in [2.75, 3.05) is 37.9 Å². The smallest absolute Gasteiger partial charge is 0.180 e. The summed E-state index contributed by atoms with van der Waals surface area (Å²) in [6.07, 6.45) is 10.7. The van der Waals surface area contributed by atoms with E-state index in [2.05, 4.69) is 57.9 Å². The third-order valence-corrected chi connectivity index (χ3v) is 15.0. The van der Waals surface area contributed by atoms with E-state index in [0.29, 0.717) is 26.4 Å². The fourth-order valence-electron chi connectivity index (χ4n) is 5.87. The Morgan fingerprint density at radius 3 is 1.46 bits per heavy atom. The molecular formula is C38H36N2O4S6. The van der Waals surface area contributed by atoms with Crippen LogP contribution < -0.4 is 18.9 Å². The van der Waals surface area contributed by atoms with Crippen LogP contribution in [0.25, 0.3) is 30.9 Å². The Labute approximate surface area is 317 Å². The molecule has 8 rings (SSSR count). The molecule has 258 valence electrons. The number of nitrogens with zero attached hydrogens (tertiary/aromatic N) is 2. The number of aryl methyl sites for hydroxylation is 2. The number of ether oxygens (including phenoxy) is 4. The summed E-state index contributed by atoms with van der Waals surface area (Å²) in [5, 5.41) is 8.49. The van der Waals surface area contributed by atoms with E-state index in [1.165, 1.54) is 40.4 Å². The van der Waals surface area contributed by atoms with E-state index in [0.717, 1.165) is 84.4 Å². The first-order chi connectivity index (χ1) is 24.8. The van der Waals surface area contributed by atoms with Crippen LogP contribution in [0.2, 0.25) is 0 Å². The second-order valence-electron chi connectivity index (χ2n) is 11.9. The lowest BCUT2D eigenvalue weighted by Gasteiger charge is -2.16. The lowest BCUT2D eigenvalue weighted by atomic mass is 10.1. The zero-order chi connectivity index (χ0) is 33.5. The lowest BCUT2D eigenvalue weighted by Crippen LogP contribution is -2.14. The van der Waals surface area contributed by atoms with E-state index in [9.17, 15) is 0 Å². The van der Waals surface area contributed by atoms with E-state index >= 15 is 0 Å². The van der Waals surface area contributed by atoms with Crippen LogP contribution in [-0.2, 0) is 12.8 Å². The van der Waals surface area contributed by atoms with Crippen LogP contribution in [0.5, 0.6) is 23.0 Å². The minimum Gasteiger partial charge on any atom is -0.485 e. The molecule has 0 aliphatic carbocycles. The summed E-state index contributed by atoms with van der Waals surface area (Å²) in [6, 6.07) is 13.1. The number of hydrogen-bond donors (Lipinski definition) is 0. The third-order valence-electron chi connectivity index (χ3n) is 8.42. The van der Waals surface area contributed by atoms with Crippen molar-refractivity contribution in [3.8, 4) is 53.9 Å². The minimum absolute atomic E-state index is 0.619. The van der Waals surface area contributed by atoms with Crippen molar-refractivity contribution in [1.29, 1.82) is 0 Å². The van der Waals surface area contributed by atoms with Crippen LogP contribution in [0.3, 0.4) is 0 Å². The number of rotatable bonds is 15. The summed E-state index contributed by atoms with van der Waals surface area (Å²) in [7, 11) is 0. The first kappa shape index (κ1) is 34.1. The molecule has 6 aromatic heterocycles. The normalized spacial score (nSPS) is 13.5. The number of fused-ring (bicyclic) bond motifs is 2. The highest BCUT2D eigenvalue weighted by Gasteiger charge is 2.24. The quantitative estimate of drug-likeness (QED) is 0.0755. The number of hydrogen-bond acceptors (Lipinski definition) is 12. The molecule has 0 aromatic carbocycles. The Balaban J connectivity index is 0.748. The van der Waals surface area contributed by atoms with Gasteiger partial charge in [-0.1, -0.05) is 12.1 Å². The Hall–Kier alpha value is -3.00. The average Bonchev–Trinajstić information content (AvgIpc) is 3.98. The number of pyridine rings is 2. The predicted octanol–water partition coefficient (Wildman–Crippen LogP) is 11.5. The van der Waals surface area contributed by atoms with Crippen molar-refractivity contribution < 1.29 is 18.9 Å². The Morgan fingerprint density at radius 1 is 0.520 bits per heavy atom. The highest BCUT2D eigenvalue weighted by molar-refractivity contribution is 7.99. The van der Waals surface area contributed by atoms with Gasteiger partial charge in [-0.05, 0) is 96.2 Å². The zero-order valence-electron chi connectivity index (χ0n) is 27.4. The van der Waals surface area contributed by atoms with Crippen LogP contribution in [0.1, 0.15) is 36.8 Å². The molecule has 0 amide bonds. The zero-order valence-corrected chi connectivity index (χ0v) is 32.3. The highest BCUT2D eigenvalue weighted by atomic mass is 32.2. The van der Waals surface area contributed by atoms with Crippen LogP contribution in [0, 0.1) is 0 Å². The van der Waals surface area contributed by atoms with Gasteiger partial charge in [-0.3, -0.25) is 9.97 Å². The Bertz CT molecular complexity index is 1850. The largest absolute Gasteiger partial charge is 0.485 e. The van der Waals surface area contributed by atoms with Gasteiger partial charge in [0.05, 0.1) is 30.9 Å². The summed E-state index contributed by atoms with van der Waals surface area (Å²) in [6.45, 7) is 2.49. The van der Waals surface area contributed by atoms with Crippen molar-refractivity contribution in [3.05, 3.63) is 81.4 Å². The van der Waals surface area contributed by atoms with E-state index < -0.39 is 0 Å². The predicted molar refractivity (Wildman–Crippen MR) is 212 cm³/mol. The van der Waals surface area contributed by atoms with E-state index in [-0.39, 0.29) is 0 Å². The van der Waals surface area contributed by atoms with Gasteiger partial charge in [0.1, 0.15) is 26.4 Å². The molecule has 0 radical (unpaired) electrons. The molecule has 6 nitrogen and oxygen atoms in total. The Morgan fingerprint density at radius 2 is 1.00 bits per heavy atom. The van der Waals surface area contributed by atoms with Gasteiger partial charge >= 0.3 is 0 Å². The molecule has 0 N–H and O–H groups in total. The molecular weight excluding hydrogens is 741 g/mol. The van der Waals surface area contributed by atoms with E-state index in [1.54, 1.807) is 45.3 Å². The van der Waals surface area contributed by atoms with Crippen LogP contribution in [0.15, 0.2) is 80.1 Å². The summed E-state index contributed by atoms with van der Waals surface area (Å²) in [5.74, 6) is 5.78. The molecule has 0 atom stereocenters. The van der Waals surface area contributed by atoms with Crippen molar-refractivity contribution >= 4 is 68.9 Å². The van der Waals surface area contributed by atoms with Gasteiger partial charge in [-0.2, -0.15) is 0 Å². The van der Waals surface area contributed by atoms with Gasteiger partial charge in [0.2, 0.25) is 0 Å². The Kier molecular flexibility index (Phi) is 11.3. The number of unbranched alkanes of at least 4 members (excludes halogenated alkanes) is 2. The van der Waals surface area contributed by atoms with E-state index in [4.69, 9.17) is 28.9 Å². The van der Waals surface area contributed by atoms with Crippen molar-refractivity contribution in [2.24, 2.45) is 0 Å². The molecule has 50 heavy (non-hydrogen) atoms. The molecule has 8 heterocycles. The molecule has 0 saturated carbocycles. The molecule has 0 spiro atoms. The van der Waals surface area contributed by atoms with Gasteiger partial charge < -0.3 is 18.9 Å². The number of thioether (sulfide) groups is 2. The van der Waals surface area contributed by atoms with Crippen molar-refractivity contribution in [1.82, 2.24) is 9.97 Å². The standard InChI is InChI=1S/C38H36N2O4S6/c1(3-17-45-31-11-19-47-35(31)37-33-29(23-49-37)41-13-15-43-33)5-25-7-9-27(39-21-25)28-10-8-26(22-40-28)6-2-4-18-46-32-12-20-48-36(32)38-34-30(24-50-38)42-14-16-44-34/h7-12,19-24H,1-6,13-18H2. The third kappa shape index (κ3) is 7.90. The van der Waals surface area contributed by atoms with Crippen molar-refractivity contribution in [2.45, 2.75) is 48.3 Å². The fraction of sp³-hybridized carbons (Fsp3) is 0.316. The van der Waals surface area contributed by atoms with Gasteiger partial charge in [0.15, 0.2) is 23.0 Å². The number of thiophene rings is 4. The maximum absolute atomic E-state index is 5.93. The second kappa shape index (κ2) is 16.6. The monoisotopic (exact) mass is 776 g/mol. The average molecular weight is 777 g/mol. The number of aromatic nitrogens is 2. The molecule has 2 aliphatic rings. The van der Waals surface area contributed by atoms with Crippen molar-refractivity contribution in [3.63, 3.8) is 0 Å². The topological polar surface area (TPSA) is 62.7 Å². The summed E-state index contributed by atoms with van der Waals surface area (Å²) >= 11 is 10.9. The van der Waals surface area contributed by atoms with Gasteiger partial charge in [0, 0.05) is 32.9 Å². The SMILES string of the molecule is c1cc(SCCCCc2ccc(-c3ccc(CCCCSc4ccsc4-c4scc5c4OCCO5)cn3)nc2)c(-c2scc3c2OCCO3)s1. The molecule has 0 bridgehead atoms. The highest BCUT2D eigenvalue weighted by Crippen LogP contribution is 2.51. The van der Waals surface area contributed by atoms with Gasteiger partial charge in [-0.15, -0.1) is 68.9 Å². The maximum atomic E-state index is 5.93. The van der Waals surface area contributed by atoms with Crippen LogP contribution in [-0.4, -0.2) is 47.9 Å². The lowest BCUT2D eigenvalue weighted by molar-refractivity contribution is 0.174. The first-order valence-electron chi connectivity index (χ1n) is 16.9. The molecule has 12 heteroatoms. The van der Waals surface area contributed by atoms with Gasteiger partial charge in [0.25, 0.3) is 0 Å². The maximum Gasteiger partial charge on any atom is 0.180 e. The molecule has 0 unspecified atom stereocenters. The molecule has 6 aromatic rings. The molecule has 2 aliphatic heterocycles.